The van der Waals surface area contributed by atoms with Crippen molar-refractivity contribution < 1.29 is 47.4 Å². The van der Waals surface area contributed by atoms with E-state index in [1.54, 1.807) is 35.9 Å². The molecule has 6 aromatic heterocycles. The number of hydrogen-bond donors (Lipinski definition) is 4. The average Bonchev–Trinajstić information content (AvgIpc) is 1.60. The summed E-state index contributed by atoms with van der Waals surface area (Å²) in [5.41, 5.74) is 5.25. The van der Waals surface area contributed by atoms with Gasteiger partial charge in [0.1, 0.15) is 60.4 Å². The topological polar surface area (TPSA) is 275 Å². The Balaban J connectivity index is 0.000000169. The molecule has 5 fully saturated rings. The quantitative estimate of drug-likeness (QED) is 0.0313. The molecule has 0 radical (unpaired) electrons. The SMILES string of the molecule is CC(C)(C)OC(=O)NC1C[C@H]2CC[C@@H](C1)N2c1cnc2c(I)cn(COCC[Si](C)(C)C)c2n1.CNC(=O)Cn1cc2c(Cl)c(-c3cn(COCC[Si](C)(C)C)c4nc(N5[C@@H]6CC[C@H]5CC(NC(=O)OC(C)(C)C)C6)cnc34)ccc2n1.CNC(=O)Cn1cc2c(Cl)c(B3OC(C)(C)C(C)(C)O3)ccc2n1. The fourth-order valence-electron chi connectivity index (χ4n) is 14.3. The van der Waals surface area contributed by atoms with Gasteiger partial charge in [-0.05, 0) is 167 Å². The zero-order valence-electron chi connectivity index (χ0n) is 64.7. The van der Waals surface area contributed by atoms with Crippen LogP contribution in [0.2, 0.25) is 61.4 Å². The van der Waals surface area contributed by atoms with Gasteiger partial charge in [-0.1, -0.05) is 74.6 Å². The number of fused-ring (bicyclic) bond motifs is 8. The lowest BCUT2D eigenvalue weighted by Crippen LogP contribution is -2.51. The summed E-state index contributed by atoms with van der Waals surface area (Å²) >= 11 is 15.9. The second-order valence-electron chi connectivity index (χ2n) is 34.0. The molecule has 5 aliphatic heterocycles. The maximum absolute atomic E-state index is 12.5. The minimum atomic E-state index is -1.26. The van der Waals surface area contributed by atoms with Crippen LogP contribution in [0.4, 0.5) is 21.2 Å². The normalized spacial score (nSPS) is 20.6. The second-order valence-corrected chi connectivity index (χ2v) is 47.2. The van der Waals surface area contributed by atoms with Crippen LogP contribution in [0.1, 0.15) is 121 Å². The van der Waals surface area contributed by atoms with Gasteiger partial charge in [0.25, 0.3) is 0 Å². The van der Waals surface area contributed by atoms with E-state index < -0.39 is 45.7 Å². The van der Waals surface area contributed by atoms with Crippen molar-refractivity contribution in [2.75, 3.05) is 37.1 Å². The molecule has 4 N–H and O–H groups in total. The number of carbonyl (C=O) groups excluding carboxylic acids is 4. The van der Waals surface area contributed by atoms with Gasteiger partial charge in [-0.3, -0.25) is 19.0 Å². The summed E-state index contributed by atoms with van der Waals surface area (Å²) in [5.74, 6) is 1.49. The van der Waals surface area contributed by atoms with Gasteiger partial charge in [0, 0.05) is 132 Å². The molecule has 0 aliphatic carbocycles. The standard InChI is InChI=1S/C34H47ClN8O4Si.C24H38IN5O3Si.C16H21BClN3O3/c1-34(2,3)47-33(45)38-21-14-22-8-9-23(15-21)43(22)28-16-37-31-25(17-41(32(31)39-28)20-46-12-13-48(5,6)7)24-10-11-27-26(30(24)35)18-42(40-27)19-29(44)36-4;1-24(2,3)33-23(31)27-16-11-17-7-8-18(12-16)30(17)20-13-26-21-19(25)14-29(22(21)28-20)15-32-9-10-34(4,5)6;1-15(2)16(3,4)24-17(23-15)11-6-7-12-10(14(11)18)8-21(20-12)9-13(22)19-5/h10-11,16-18,21-23H,8-9,12-15,19-20H2,1-7H3,(H,36,44)(H,38,45);13-14,16-18H,7-12,15H2,1-6H3,(H,27,31);6-8H,9H2,1-5H3,(H,19,22)/t21?,22-,23+;16?,17-,18+;. The summed E-state index contributed by atoms with van der Waals surface area (Å²) in [5, 5.41) is 22.9. The van der Waals surface area contributed by atoms with Crippen molar-refractivity contribution in [3.05, 3.63) is 75.1 Å². The van der Waals surface area contributed by atoms with Crippen LogP contribution in [0.3, 0.4) is 0 Å². The summed E-state index contributed by atoms with van der Waals surface area (Å²) in [7, 11) is 0.282. The lowest BCUT2D eigenvalue weighted by atomic mass is 9.78. The van der Waals surface area contributed by atoms with Crippen molar-refractivity contribution in [3.63, 3.8) is 0 Å². The molecule has 4 bridgehead atoms. The van der Waals surface area contributed by atoms with Crippen LogP contribution in [0.5, 0.6) is 0 Å². The smallest absolute Gasteiger partial charge is 0.444 e. The number of aromatic nitrogens is 10. The fourth-order valence-corrected chi connectivity index (χ4v) is 17.1. The number of rotatable bonds is 20. The molecular weight excluding hydrogens is 1540 g/mol. The molecule has 574 valence electrons. The molecule has 106 heavy (non-hydrogen) atoms. The van der Waals surface area contributed by atoms with E-state index in [-0.39, 0.29) is 61.3 Å². The third kappa shape index (κ3) is 19.3. The minimum Gasteiger partial charge on any atom is -0.444 e. The zero-order chi connectivity index (χ0) is 76.8. The van der Waals surface area contributed by atoms with E-state index >= 15 is 0 Å². The van der Waals surface area contributed by atoms with Crippen molar-refractivity contribution in [1.82, 2.24) is 69.9 Å². The van der Waals surface area contributed by atoms with E-state index in [1.165, 1.54) is 0 Å². The first-order valence-corrected chi connectivity index (χ1v) is 46.1. The minimum absolute atomic E-state index is 0.0540. The number of carbonyl (C=O) groups is 4. The first kappa shape index (κ1) is 80.4. The molecule has 0 spiro atoms. The Bertz CT molecular complexity index is 4480. The number of halogens is 3. The predicted octanol–water partition coefficient (Wildman–Crippen LogP) is 13.3. The van der Waals surface area contributed by atoms with Crippen LogP contribution in [0, 0.1) is 3.57 Å². The molecule has 8 aromatic rings. The van der Waals surface area contributed by atoms with E-state index in [0.29, 0.717) is 47.7 Å². The Morgan fingerprint density at radius 1 is 0.594 bits per heavy atom. The van der Waals surface area contributed by atoms with Gasteiger partial charge >= 0.3 is 19.3 Å². The second kappa shape index (κ2) is 32.1. The van der Waals surface area contributed by atoms with E-state index in [2.05, 4.69) is 114 Å². The van der Waals surface area contributed by atoms with Gasteiger partial charge in [-0.15, -0.1) is 0 Å². The molecule has 5 saturated heterocycles. The number of nitrogens with zero attached hydrogens (tertiary/aromatic N) is 12. The van der Waals surface area contributed by atoms with Crippen LogP contribution >= 0.6 is 45.8 Å². The molecule has 11 heterocycles. The van der Waals surface area contributed by atoms with Gasteiger partial charge in [0.2, 0.25) is 11.8 Å². The summed E-state index contributed by atoms with van der Waals surface area (Å²) in [4.78, 5) is 73.2. The average molecular weight is 1640 g/mol. The van der Waals surface area contributed by atoms with Crippen LogP contribution in [0.25, 0.3) is 55.3 Å². The first-order valence-electron chi connectivity index (χ1n) is 36.9. The van der Waals surface area contributed by atoms with Gasteiger partial charge < -0.3 is 68.5 Å². The zero-order valence-corrected chi connectivity index (χ0v) is 70.4. The molecule has 5 aliphatic rings. The molecule has 0 saturated carbocycles. The van der Waals surface area contributed by atoms with Gasteiger partial charge in [0.05, 0.1) is 48.2 Å². The predicted molar refractivity (Wildman–Crippen MR) is 432 cm³/mol. The first-order chi connectivity index (χ1) is 49.7. The van der Waals surface area contributed by atoms with Crippen LogP contribution in [-0.2, 0) is 64.4 Å². The highest BCUT2D eigenvalue weighted by Gasteiger charge is 2.53. The molecular formula is C74H106BCl2IN16O10Si2. The lowest BCUT2D eigenvalue weighted by Gasteiger charge is -2.40. The molecule has 2 unspecified atom stereocenters. The molecule has 2 aromatic carbocycles. The summed E-state index contributed by atoms with van der Waals surface area (Å²) in [6, 6.07) is 11.2. The number of benzene rings is 2. The van der Waals surface area contributed by atoms with E-state index in [0.717, 1.165) is 140 Å². The monoisotopic (exact) mass is 1640 g/mol. The Hall–Kier alpha value is -6.65. The maximum Gasteiger partial charge on any atom is 0.496 e. The molecule has 13 rings (SSSR count). The molecule has 6 atom stereocenters. The molecule has 4 amide bonds. The van der Waals surface area contributed by atoms with E-state index in [1.807, 2.05) is 117 Å². The molecule has 32 heteroatoms. The Morgan fingerprint density at radius 2 is 1.01 bits per heavy atom. The number of nitrogens with one attached hydrogen (secondary N) is 4. The van der Waals surface area contributed by atoms with Gasteiger partial charge in [0.15, 0.2) is 11.3 Å². The Labute approximate surface area is 647 Å². The Kier molecular flexibility index (Phi) is 24.4. The number of ether oxygens (including phenoxy) is 4. The van der Waals surface area contributed by atoms with E-state index in [4.69, 9.17) is 71.4 Å². The number of alkyl carbamates (subject to hydrolysis) is 2. The third-order valence-corrected chi connectivity index (χ3v) is 25.3. The number of hydrogen-bond acceptors (Lipinski definition) is 18. The van der Waals surface area contributed by atoms with Gasteiger partial charge in [-0.2, -0.15) is 10.2 Å². The van der Waals surface area contributed by atoms with Crippen molar-refractivity contribution in [2.24, 2.45) is 0 Å². The summed E-state index contributed by atoms with van der Waals surface area (Å²) in [6.45, 7) is 36.0. The van der Waals surface area contributed by atoms with Crippen molar-refractivity contribution >= 4 is 154 Å². The lowest BCUT2D eigenvalue weighted by molar-refractivity contribution is -0.122. The highest BCUT2D eigenvalue weighted by atomic mass is 127. The van der Waals surface area contributed by atoms with Crippen molar-refractivity contribution in [1.29, 1.82) is 0 Å². The summed E-state index contributed by atoms with van der Waals surface area (Å²) < 4.78 is 43.7. The number of anilines is 2. The van der Waals surface area contributed by atoms with Gasteiger partial charge in [-0.25, -0.2) is 29.5 Å². The third-order valence-electron chi connectivity index (χ3n) is 20.3. The van der Waals surface area contributed by atoms with E-state index in [9.17, 15) is 19.2 Å². The highest BCUT2D eigenvalue weighted by Crippen LogP contribution is 2.44. The number of piperidine rings is 2. The molecule has 26 nitrogen and oxygen atoms in total. The number of likely N-dealkylation sites (N-methyl/N-ethyl adjacent to an activating group) is 2. The van der Waals surface area contributed by atoms with Crippen LogP contribution in [0.15, 0.2) is 61.4 Å². The Morgan fingerprint density at radius 3 is 1.44 bits per heavy atom. The van der Waals surface area contributed by atoms with Crippen molar-refractivity contribution in [3.8, 4) is 11.1 Å². The fraction of sp³-hybridized carbons (Fsp3) is 0.595. The van der Waals surface area contributed by atoms with Crippen LogP contribution in [-0.4, -0.2) is 182 Å². The maximum atomic E-state index is 12.5. The van der Waals surface area contributed by atoms with Crippen molar-refractivity contribution in [2.45, 2.75) is 257 Å². The number of amides is 4. The van der Waals surface area contributed by atoms with Crippen LogP contribution < -0.4 is 36.5 Å². The highest BCUT2D eigenvalue weighted by molar-refractivity contribution is 14.1. The largest absolute Gasteiger partial charge is 0.496 e. The summed E-state index contributed by atoms with van der Waals surface area (Å²) in [6.07, 6.45) is 18.5.